The van der Waals surface area contributed by atoms with Gasteiger partial charge in [-0.05, 0) is 43.7 Å². The second-order valence-electron chi connectivity index (χ2n) is 7.08. The molecular weight excluding hydrogens is 402 g/mol. The van der Waals surface area contributed by atoms with Crippen molar-refractivity contribution in [2.45, 2.75) is 31.3 Å². The highest BCUT2D eigenvalue weighted by Gasteiger charge is 2.17. The molecule has 0 saturated heterocycles. The highest BCUT2D eigenvalue weighted by molar-refractivity contribution is 7.98. The van der Waals surface area contributed by atoms with E-state index in [2.05, 4.69) is 5.16 Å². The lowest BCUT2D eigenvalue weighted by Gasteiger charge is -2.13. The van der Waals surface area contributed by atoms with Crippen molar-refractivity contribution in [3.63, 3.8) is 0 Å². The van der Waals surface area contributed by atoms with E-state index in [4.69, 9.17) is 19.0 Å². The molecule has 0 spiro atoms. The predicted octanol–water partition coefficient (Wildman–Crippen LogP) is 4.07. The Morgan fingerprint density at radius 1 is 1.10 bits per heavy atom. The molecule has 0 fully saturated rings. The number of hydrogen-bond acceptors (Lipinski definition) is 7. The minimum absolute atomic E-state index is 0.0699. The van der Waals surface area contributed by atoms with Gasteiger partial charge in [-0.2, -0.15) is 0 Å². The summed E-state index contributed by atoms with van der Waals surface area (Å²) >= 11 is 1.50. The van der Waals surface area contributed by atoms with Crippen LogP contribution in [0, 0.1) is 13.8 Å². The third-order valence-electron chi connectivity index (χ3n) is 5.13. The number of aryl methyl sites for hydroxylation is 2. The summed E-state index contributed by atoms with van der Waals surface area (Å²) in [6.07, 6.45) is 0. The number of nitrogens with zero attached hydrogens (tertiary/aromatic N) is 3. The van der Waals surface area contributed by atoms with E-state index < -0.39 is 0 Å². The van der Waals surface area contributed by atoms with Gasteiger partial charge in [-0.3, -0.25) is 9.36 Å². The first-order valence-electron chi connectivity index (χ1n) is 9.53. The normalized spacial score (nSPS) is 12.6. The fourth-order valence-electron chi connectivity index (χ4n) is 3.46. The maximum Gasteiger partial charge on any atom is 0.262 e. The first kappa shape index (κ1) is 18.7. The van der Waals surface area contributed by atoms with Crippen molar-refractivity contribution in [3.05, 3.63) is 75.4 Å². The lowest BCUT2D eigenvalue weighted by molar-refractivity contribution is 0.174. The molecule has 0 atom stereocenters. The molecule has 7 nitrogen and oxygen atoms in total. The molecule has 2 aromatic carbocycles. The maximum atomic E-state index is 13.3. The molecule has 0 aliphatic carbocycles. The van der Waals surface area contributed by atoms with Gasteiger partial charge in [0.25, 0.3) is 5.56 Å². The number of benzene rings is 2. The molecule has 0 N–H and O–H groups in total. The Bertz CT molecular complexity index is 1290. The lowest BCUT2D eigenvalue weighted by atomic mass is 10.2. The fourth-order valence-corrected chi connectivity index (χ4v) is 4.62. The minimum Gasteiger partial charge on any atom is -0.454 e. The van der Waals surface area contributed by atoms with Gasteiger partial charge in [-0.25, -0.2) is 4.98 Å². The molecule has 8 heteroatoms. The molecule has 0 radical (unpaired) electrons. The van der Waals surface area contributed by atoms with Crippen LogP contribution in [0.5, 0.6) is 11.5 Å². The van der Waals surface area contributed by atoms with E-state index >= 15 is 0 Å². The smallest absolute Gasteiger partial charge is 0.262 e. The molecular formula is C22H19N3O4S. The molecule has 3 heterocycles. The van der Waals surface area contributed by atoms with Crippen molar-refractivity contribution in [3.8, 4) is 11.5 Å². The van der Waals surface area contributed by atoms with Gasteiger partial charge in [-0.1, -0.05) is 35.1 Å². The summed E-state index contributed by atoms with van der Waals surface area (Å²) in [6.45, 7) is 4.41. The van der Waals surface area contributed by atoms with Crippen molar-refractivity contribution < 1.29 is 14.0 Å². The van der Waals surface area contributed by atoms with Crippen molar-refractivity contribution in [2.75, 3.05) is 6.79 Å². The monoisotopic (exact) mass is 421 g/mol. The van der Waals surface area contributed by atoms with Crippen LogP contribution < -0.4 is 15.0 Å². The Morgan fingerprint density at radius 2 is 1.93 bits per heavy atom. The molecule has 4 aromatic rings. The van der Waals surface area contributed by atoms with Gasteiger partial charge in [0.1, 0.15) is 5.76 Å². The Labute approximate surface area is 176 Å². The molecule has 0 bridgehead atoms. The second-order valence-corrected chi connectivity index (χ2v) is 8.02. The number of ether oxygens (including phenoxy) is 2. The summed E-state index contributed by atoms with van der Waals surface area (Å²) in [4.78, 5) is 18.1. The Hall–Kier alpha value is -3.26. The van der Waals surface area contributed by atoms with Gasteiger partial charge in [-0.15, -0.1) is 0 Å². The minimum atomic E-state index is -0.0699. The van der Waals surface area contributed by atoms with Crippen LogP contribution in [-0.4, -0.2) is 21.5 Å². The summed E-state index contributed by atoms with van der Waals surface area (Å²) in [5.41, 5.74) is 3.44. The van der Waals surface area contributed by atoms with Crippen LogP contribution in [0.3, 0.4) is 0 Å². The molecule has 30 heavy (non-hydrogen) atoms. The van der Waals surface area contributed by atoms with E-state index in [1.807, 2.05) is 56.3 Å². The SMILES string of the molecule is Cc1noc(C)c1CSc1nc2ccccc2c(=O)n1Cc1ccc2c(c1)OCO2. The zero-order chi connectivity index (χ0) is 20.7. The van der Waals surface area contributed by atoms with Gasteiger partial charge in [0.15, 0.2) is 16.7 Å². The van der Waals surface area contributed by atoms with Crippen molar-refractivity contribution in [1.29, 1.82) is 0 Å². The molecule has 0 saturated carbocycles. The Morgan fingerprint density at radius 3 is 2.77 bits per heavy atom. The van der Waals surface area contributed by atoms with Gasteiger partial charge < -0.3 is 14.0 Å². The molecule has 0 unspecified atom stereocenters. The highest BCUT2D eigenvalue weighted by atomic mass is 32.2. The van der Waals surface area contributed by atoms with Crippen molar-refractivity contribution >= 4 is 22.7 Å². The zero-order valence-corrected chi connectivity index (χ0v) is 17.4. The van der Waals surface area contributed by atoms with Gasteiger partial charge >= 0.3 is 0 Å². The Balaban J connectivity index is 1.55. The lowest BCUT2D eigenvalue weighted by Crippen LogP contribution is -2.24. The number of hydrogen-bond donors (Lipinski definition) is 0. The summed E-state index contributed by atoms with van der Waals surface area (Å²) in [7, 11) is 0. The molecule has 2 aromatic heterocycles. The average Bonchev–Trinajstić information content (AvgIpc) is 3.35. The standard InChI is InChI=1S/C22H19N3O4S/c1-13-17(14(2)29-24-13)11-30-22-23-18-6-4-3-5-16(18)21(26)25(22)10-15-7-8-19-20(9-15)28-12-27-19/h3-9H,10-12H2,1-2H3. The average molecular weight is 421 g/mol. The number of rotatable bonds is 5. The van der Waals surface area contributed by atoms with E-state index in [9.17, 15) is 4.79 Å². The van der Waals surface area contributed by atoms with E-state index in [1.54, 1.807) is 4.57 Å². The van der Waals surface area contributed by atoms with Gasteiger partial charge in [0, 0.05) is 11.3 Å². The second kappa shape index (κ2) is 7.53. The maximum absolute atomic E-state index is 13.3. The molecule has 5 rings (SSSR count). The van der Waals surface area contributed by atoms with E-state index in [-0.39, 0.29) is 12.4 Å². The zero-order valence-electron chi connectivity index (χ0n) is 16.5. The van der Waals surface area contributed by atoms with Crippen molar-refractivity contribution in [2.24, 2.45) is 0 Å². The Kier molecular flexibility index (Phi) is 4.71. The van der Waals surface area contributed by atoms with Crippen LogP contribution >= 0.6 is 11.8 Å². The van der Waals surface area contributed by atoms with Crippen LogP contribution in [0.25, 0.3) is 10.9 Å². The van der Waals surface area contributed by atoms with Crippen LogP contribution in [0.4, 0.5) is 0 Å². The number of aromatic nitrogens is 3. The van der Waals surface area contributed by atoms with Crippen LogP contribution in [0.1, 0.15) is 22.6 Å². The van der Waals surface area contributed by atoms with Crippen LogP contribution in [0.15, 0.2) is 56.9 Å². The fraction of sp³-hybridized carbons (Fsp3) is 0.227. The van der Waals surface area contributed by atoms with Gasteiger partial charge in [0.05, 0.1) is 23.1 Å². The third-order valence-corrected chi connectivity index (χ3v) is 6.13. The topological polar surface area (TPSA) is 79.4 Å². The van der Waals surface area contributed by atoms with E-state index in [1.165, 1.54) is 11.8 Å². The van der Waals surface area contributed by atoms with E-state index in [0.29, 0.717) is 34.1 Å². The summed E-state index contributed by atoms with van der Waals surface area (Å²) in [6, 6.07) is 13.1. The third kappa shape index (κ3) is 3.33. The predicted molar refractivity (Wildman–Crippen MR) is 113 cm³/mol. The highest BCUT2D eigenvalue weighted by Crippen LogP contribution is 2.33. The molecule has 1 aliphatic rings. The largest absolute Gasteiger partial charge is 0.454 e. The summed E-state index contributed by atoms with van der Waals surface area (Å²) in [5.74, 6) is 2.81. The quantitative estimate of drug-likeness (QED) is 0.355. The van der Waals surface area contributed by atoms with Crippen LogP contribution in [0.2, 0.25) is 0 Å². The molecule has 0 amide bonds. The summed E-state index contributed by atoms with van der Waals surface area (Å²) < 4.78 is 17.9. The summed E-state index contributed by atoms with van der Waals surface area (Å²) in [5, 5.41) is 5.26. The van der Waals surface area contributed by atoms with Crippen LogP contribution in [-0.2, 0) is 12.3 Å². The number of fused-ring (bicyclic) bond motifs is 2. The van der Waals surface area contributed by atoms with Gasteiger partial charge in [0.2, 0.25) is 6.79 Å². The van der Waals surface area contributed by atoms with Crippen molar-refractivity contribution in [1.82, 2.24) is 14.7 Å². The number of para-hydroxylation sites is 1. The molecule has 1 aliphatic heterocycles. The first-order valence-corrected chi connectivity index (χ1v) is 10.5. The van der Waals surface area contributed by atoms with E-state index in [0.717, 1.165) is 28.3 Å². The first-order chi connectivity index (χ1) is 14.6. The number of thioether (sulfide) groups is 1. The molecule has 152 valence electrons.